The predicted octanol–water partition coefficient (Wildman–Crippen LogP) is 3.06. The topological polar surface area (TPSA) is 55.6 Å². The van der Waals surface area contributed by atoms with E-state index in [1.54, 1.807) is 10.9 Å². The lowest BCUT2D eigenvalue weighted by Gasteiger charge is -2.22. The molecule has 8 heteroatoms. The van der Waals surface area contributed by atoms with E-state index in [9.17, 15) is 13.2 Å². The Balaban J connectivity index is 2.10. The number of nitrogens with one attached hydrogen (secondary N) is 1. The van der Waals surface area contributed by atoms with Crippen LogP contribution in [0.25, 0.3) is 0 Å². The lowest BCUT2D eigenvalue weighted by molar-refractivity contribution is -0.141. The van der Waals surface area contributed by atoms with Crippen molar-refractivity contribution < 1.29 is 13.2 Å². The first kappa shape index (κ1) is 15.3. The number of halogens is 3. The van der Waals surface area contributed by atoms with Gasteiger partial charge in [-0.1, -0.05) is 0 Å². The Hall–Kier alpha value is -2.12. The van der Waals surface area contributed by atoms with Gasteiger partial charge in [-0.25, -0.2) is 9.97 Å². The number of nitrogens with zero attached hydrogens (tertiary/aromatic N) is 4. The monoisotopic (exact) mass is 299 g/mol. The molecule has 0 unspecified atom stereocenters. The molecule has 1 N–H and O–H groups in total. The van der Waals surface area contributed by atoms with Gasteiger partial charge in [-0.3, -0.25) is 4.68 Å². The minimum absolute atomic E-state index is 0.0481. The maximum atomic E-state index is 12.6. The first-order valence-electron chi connectivity index (χ1n) is 6.45. The van der Waals surface area contributed by atoms with E-state index in [1.165, 1.54) is 0 Å². The number of alkyl halides is 3. The molecule has 2 rings (SSSR count). The van der Waals surface area contributed by atoms with Gasteiger partial charge in [0, 0.05) is 18.4 Å². The molecule has 0 fully saturated rings. The van der Waals surface area contributed by atoms with Crippen LogP contribution in [0.4, 0.5) is 19.1 Å². The first-order valence-corrected chi connectivity index (χ1v) is 6.45. The van der Waals surface area contributed by atoms with Crippen LogP contribution >= 0.6 is 0 Å². The summed E-state index contributed by atoms with van der Waals surface area (Å²) in [5, 5.41) is 7.07. The molecule has 2 aromatic heterocycles. The van der Waals surface area contributed by atoms with Gasteiger partial charge in [0.05, 0.1) is 12.2 Å². The number of aryl methyl sites for hydroxylation is 1. The van der Waals surface area contributed by atoms with Crippen molar-refractivity contribution in [3.63, 3.8) is 0 Å². The second-order valence-electron chi connectivity index (χ2n) is 4.93. The van der Waals surface area contributed by atoms with E-state index >= 15 is 0 Å². The van der Waals surface area contributed by atoms with E-state index in [0.717, 1.165) is 17.8 Å². The average Bonchev–Trinajstić information content (AvgIpc) is 2.84. The lowest BCUT2D eigenvalue weighted by atomic mass is 10.2. The van der Waals surface area contributed by atoms with Crippen LogP contribution in [0.1, 0.15) is 31.1 Å². The molecule has 0 aliphatic carbocycles. The van der Waals surface area contributed by atoms with Crippen molar-refractivity contribution >= 4 is 5.95 Å². The summed E-state index contributed by atoms with van der Waals surface area (Å²) >= 11 is 0. The van der Waals surface area contributed by atoms with Crippen LogP contribution < -0.4 is 5.32 Å². The molecular weight excluding hydrogens is 283 g/mol. The molecular formula is C13H16F3N5. The van der Waals surface area contributed by atoms with E-state index in [1.807, 2.05) is 27.0 Å². The van der Waals surface area contributed by atoms with Crippen molar-refractivity contribution in [2.45, 2.75) is 39.0 Å². The summed E-state index contributed by atoms with van der Waals surface area (Å²) in [4.78, 5) is 7.31. The summed E-state index contributed by atoms with van der Waals surface area (Å²) in [6, 6.07) is 0.598. The van der Waals surface area contributed by atoms with Crippen LogP contribution in [-0.2, 0) is 6.18 Å². The van der Waals surface area contributed by atoms with Gasteiger partial charge in [0.2, 0.25) is 5.95 Å². The number of hydrogen-bond donors (Lipinski definition) is 1. The minimum atomic E-state index is -4.48. The maximum absolute atomic E-state index is 12.6. The summed E-state index contributed by atoms with van der Waals surface area (Å²) in [5.41, 5.74) is 0.0548. The summed E-state index contributed by atoms with van der Waals surface area (Å²) < 4.78 is 39.5. The van der Waals surface area contributed by atoms with Crippen molar-refractivity contribution in [2.75, 3.05) is 5.32 Å². The summed E-state index contributed by atoms with van der Waals surface area (Å²) in [5.74, 6) is -0.0481. The van der Waals surface area contributed by atoms with Crippen LogP contribution in [0.3, 0.4) is 0 Å². The number of rotatable bonds is 4. The van der Waals surface area contributed by atoms with E-state index < -0.39 is 11.9 Å². The fraction of sp³-hybridized carbons (Fsp3) is 0.462. The summed E-state index contributed by atoms with van der Waals surface area (Å²) in [6.45, 7) is 5.67. The summed E-state index contributed by atoms with van der Waals surface area (Å²) in [7, 11) is 0. The van der Waals surface area contributed by atoms with Gasteiger partial charge in [0.1, 0.15) is 5.69 Å². The largest absolute Gasteiger partial charge is 0.433 e. The van der Waals surface area contributed by atoms with E-state index in [0.29, 0.717) is 0 Å². The normalized spacial score (nSPS) is 14.8. The third-order valence-corrected chi connectivity index (χ3v) is 3.17. The second-order valence-corrected chi connectivity index (χ2v) is 4.93. The van der Waals surface area contributed by atoms with Gasteiger partial charge in [-0.2, -0.15) is 18.3 Å². The highest BCUT2D eigenvalue weighted by molar-refractivity contribution is 5.27. The maximum Gasteiger partial charge on any atom is 0.433 e. The molecule has 0 aliphatic rings. The van der Waals surface area contributed by atoms with Crippen molar-refractivity contribution in [1.29, 1.82) is 0 Å². The lowest BCUT2D eigenvalue weighted by Crippen LogP contribution is -2.28. The molecule has 2 atom stereocenters. The minimum Gasteiger partial charge on any atom is -0.350 e. The van der Waals surface area contributed by atoms with Crippen LogP contribution in [0.15, 0.2) is 24.7 Å². The molecule has 5 nitrogen and oxygen atoms in total. The Kier molecular flexibility index (Phi) is 4.15. The van der Waals surface area contributed by atoms with Crippen molar-refractivity contribution in [3.8, 4) is 0 Å². The average molecular weight is 299 g/mol. The van der Waals surface area contributed by atoms with E-state index in [-0.39, 0.29) is 18.0 Å². The van der Waals surface area contributed by atoms with Gasteiger partial charge in [-0.05, 0) is 32.4 Å². The molecule has 0 spiro atoms. The van der Waals surface area contributed by atoms with E-state index in [4.69, 9.17) is 0 Å². The summed E-state index contributed by atoms with van der Waals surface area (Å²) in [6.07, 6.45) is 0.209. The van der Waals surface area contributed by atoms with Crippen LogP contribution in [0, 0.1) is 6.92 Å². The molecule has 114 valence electrons. The highest BCUT2D eigenvalue weighted by Crippen LogP contribution is 2.27. The highest BCUT2D eigenvalue weighted by atomic mass is 19.4. The second kappa shape index (κ2) is 5.71. The predicted molar refractivity (Wildman–Crippen MR) is 71.8 cm³/mol. The fourth-order valence-electron chi connectivity index (χ4n) is 1.80. The molecule has 0 saturated heterocycles. The zero-order valence-electron chi connectivity index (χ0n) is 11.9. The van der Waals surface area contributed by atoms with Crippen LogP contribution in [-0.4, -0.2) is 25.8 Å². The van der Waals surface area contributed by atoms with Gasteiger partial charge >= 0.3 is 6.18 Å². The molecule has 0 aliphatic heterocycles. The molecule has 0 bridgehead atoms. The third kappa shape index (κ3) is 3.71. The molecule has 2 aromatic rings. The number of aromatic nitrogens is 4. The fourth-order valence-corrected chi connectivity index (χ4v) is 1.80. The highest BCUT2D eigenvalue weighted by Gasteiger charge is 2.33. The SMILES string of the molecule is Cc1cnn([C@@H](C)[C@H](C)Nc2nccc(C(F)(F)F)n2)c1. The van der Waals surface area contributed by atoms with Gasteiger partial charge in [0.25, 0.3) is 0 Å². The van der Waals surface area contributed by atoms with E-state index in [2.05, 4.69) is 20.4 Å². The Morgan fingerprint density at radius 3 is 2.57 bits per heavy atom. The van der Waals surface area contributed by atoms with Crippen molar-refractivity contribution in [1.82, 2.24) is 19.7 Å². The van der Waals surface area contributed by atoms with Gasteiger partial charge in [0.15, 0.2) is 0 Å². The number of hydrogen-bond acceptors (Lipinski definition) is 4. The van der Waals surface area contributed by atoms with Crippen LogP contribution in [0.5, 0.6) is 0 Å². The first-order chi connectivity index (χ1) is 9.77. The molecule has 0 radical (unpaired) electrons. The molecule has 0 saturated carbocycles. The zero-order chi connectivity index (χ0) is 15.6. The van der Waals surface area contributed by atoms with Crippen LogP contribution in [0.2, 0.25) is 0 Å². The molecule has 0 amide bonds. The smallest absolute Gasteiger partial charge is 0.350 e. The zero-order valence-corrected chi connectivity index (χ0v) is 11.9. The van der Waals surface area contributed by atoms with Gasteiger partial charge < -0.3 is 5.32 Å². The third-order valence-electron chi connectivity index (χ3n) is 3.17. The van der Waals surface area contributed by atoms with Crippen molar-refractivity contribution in [2.24, 2.45) is 0 Å². The standard InChI is InChI=1S/C13H16F3N5/c1-8-6-18-21(7-8)10(3)9(2)19-12-17-5-4-11(20-12)13(14,15)16/h4-7,9-10H,1-3H3,(H,17,19,20)/t9-,10-/m0/s1. The Morgan fingerprint density at radius 1 is 1.29 bits per heavy atom. The Morgan fingerprint density at radius 2 is 2.00 bits per heavy atom. The quantitative estimate of drug-likeness (QED) is 0.942. The number of anilines is 1. The molecule has 2 heterocycles. The Bertz CT molecular complexity index is 608. The van der Waals surface area contributed by atoms with Crippen molar-refractivity contribution in [3.05, 3.63) is 35.9 Å². The van der Waals surface area contributed by atoms with Gasteiger partial charge in [-0.15, -0.1) is 0 Å². The Labute approximate surface area is 120 Å². The molecule has 0 aromatic carbocycles. The molecule has 21 heavy (non-hydrogen) atoms.